The van der Waals surface area contributed by atoms with Crippen molar-refractivity contribution in [1.82, 2.24) is 19.8 Å². The number of rotatable bonds is 8. The lowest BCUT2D eigenvalue weighted by atomic mass is 9.94. The Hall–Kier alpha value is -4.00. The third-order valence-electron chi connectivity index (χ3n) is 7.93. The molecule has 0 aliphatic carbocycles. The number of carbonyl (C=O) groups excluding carboxylic acids is 1. The van der Waals surface area contributed by atoms with Gasteiger partial charge in [-0.2, -0.15) is 15.2 Å². The molecule has 1 amide bonds. The van der Waals surface area contributed by atoms with Gasteiger partial charge in [0.1, 0.15) is 12.4 Å². The number of hydrogen-bond acceptors (Lipinski definition) is 8. The zero-order chi connectivity index (χ0) is 28.2. The summed E-state index contributed by atoms with van der Waals surface area (Å²) in [7, 11) is 4.03. The first-order chi connectivity index (χ1) is 19.4. The third-order valence-corrected chi connectivity index (χ3v) is 7.93. The Morgan fingerprint density at radius 1 is 1.25 bits per heavy atom. The first kappa shape index (κ1) is 27.6. The van der Waals surface area contributed by atoms with Crippen molar-refractivity contribution in [3.8, 4) is 12.1 Å². The lowest BCUT2D eigenvalue weighted by molar-refractivity contribution is -0.128. The van der Waals surface area contributed by atoms with Gasteiger partial charge in [-0.15, -0.1) is 0 Å². The highest BCUT2D eigenvalue weighted by Crippen LogP contribution is 2.38. The number of ether oxygens (including phenoxy) is 2. The maximum absolute atomic E-state index is 12.5. The second-order valence-corrected chi connectivity index (χ2v) is 10.6. The third kappa shape index (κ3) is 5.64. The monoisotopic (exact) mass is 540 g/mol. The van der Waals surface area contributed by atoms with Gasteiger partial charge in [-0.05, 0) is 43.4 Å². The zero-order valence-corrected chi connectivity index (χ0v) is 23.4. The molecule has 0 bridgehead atoms. The maximum atomic E-state index is 12.5. The van der Waals surface area contributed by atoms with Gasteiger partial charge in [-0.25, -0.2) is 0 Å². The molecule has 2 aliphatic rings. The molecule has 3 aromatic rings. The molecule has 3 atom stereocenters. The molecule has 1 saturated heterocycles. The van der Waals surface area contributed by atoms with Crippen LogP contribution in [0.15, 0.2) is 55.1 Å². The standard InChI is InChI=1S/C31H36N6O3/c1-5-29(38)37-16-15-36(18-23(37)13-14-32)30-26-20-39-28(25-12-8-10-22-9-6-7-11-24(22)25)17-27(26)33-31(34-30)40-19-21(2)35(3)4/h5-12,21,23,28H,1,13,15-20H2,2-4H3/t21-,23+,28?/m1/s1. The van der Waals surface area contributed by atoms with Crippen molar-refractivity contribution in [3.63, 3.8) is 0 Å². The smallest absolute Gasteiger partial charge is 0.318 e. The molecule has 9 heteroatoms. The number of anilines is 1. The van der Waals surface area contributed by atoms with Crippen molar-refractivity contribution in [3.05, 3.63) is 71.9 Å². The van der Waals surface area contributed by atoms with Crippen LogP contribution in [0.1, 0.15) is 36.3 Å². The fourth-order valence-corrected chi connectivity index (χ4v) is 5.37. The molecular formula is C31H36N6O3. The second-order valence-electron chi connectivity index (χ2n) is 10.6. The Labute approximate surface area is 235 Å². The highest BCUT2D eigenvalue weighted by molar-refractivity contribution is 5.87. The lowest BCUT2D eigenvalue weighted by Crippen LogP contribution is -2.55. The number of amides is 1. The maximum Gasteiger partial charge on any atom is 0.318 e. The molecule has 0 N–H and O–H groups in total. The SMILES string of the molecule is C=CC(=O)N1CCN(c2nc(OC[C@@H](C)N(C)C)nc3c2COC(c2cccc4ccccc24)C3)C[C@@H]1CC#N. The van der Waals surface area contributed by atoms with Crippen LogP contribution in [0.4, 0.5) is 5.82 Å². The van der Waals surface area contributed by atoms with Crippen LogP contribution in [0.5, 0.6) is 6.01 Å². The quantitative estimate of drug-likeness (QED) is 0.397. The molecule has 2 aliphatic heterocycles. The Bertz CT molecular complexity index is 1430. The van der Waals surface area contributed by atoms with E-state index in [0.717, 1.165) is 22.6 Å². The van der Waals surface area contributed by atoms with Crippen LogP contribution < -0.4 is 9.64 Å². The van der Waals surface area contributed by atoms with Gasteiger partial charge in [-0.3, -0.25) is 4.79 Å². The van der Waals surface area contributed by atoms with E-state index in [1.54, 1.807) is 4.90 Å². The van der Waals surface area contributed by atoms with Gasteiger partial charge in [0, 0.05) is 37.7 Å². The van der Waals surface area contributed by atoms with Gasteiger partial charge in [-0.1, -0.05) is 49.0 Å². The number of nitriles is 1. The summed E-state index contributed by atoms with van der Waals surface area (Å²) in [6.07, 6.45) is 1.98. The van der Waals surface area contributed by atoms with Crippen molar-refractivity contribution < 1.29 is 14.3 Å². The fourth-order valence-electron chi connectivity index (χ4n) is 5.37. The first-order valence-corrected chi connectivity index (χ1v) is 13.7. The van der Waals surface area contributed by atoms with E-state index >= 15 is 0 Å². The summed E-state index contributed by atoms with van der Waals surface area (Å²) >= 11 is 0. The molecule has 5 rings (SSSR count). The summed E-state index contributed by atoms with van der Waals surface area (Å²) in [5, 5.41) is 11.8. The van der Waals surface area contributed by atoms with E-state index in [2.05, 4.69) is 65.8 Å². The van der Waals surface area contributed by atoms with Gasteiger partial charge < -0.3 is 24.2 Å². The van der Waals surface area contributed by atoms with Crippen LogP contribution in [0.2, 0.25) is 0 Å². The summed E-state index contributed by atoms with van der Waals surface area (Å²) < 4.78 is 12.6. The average Bonchev–Trinajstić information content (AvgIpc) is 2.98. The van der Waals surface area contributed by atoms with E-state index in [1.165, 1.54) is 16.8 Å². The number of hydrogen-bond donors (Lipinski definition) is 0. The van der Waals surface area contributed by atoms with Crippen molar-refractivity contribution in [2.75, 3.05) is 45.2 Å². The van der Waals surface area contributed by atoms with Crippen LogP contribution in [-0.2, 0) is 22.6 Å². The van der Waals surface area contributed by atoms with Crippen LogP contribution in [0.3, 0.4) is 0 Å². The topological polar surface area (TPSA) is 94.8 Å². The Kier molecular flexibility index (Phi) is 8.29. The largest absolute Gasteiger partial charge is 0.462 e. The minimum Gasteiger partial charge on any atom is -0.462 e. The van der Waals surface area contributed by atoms with E-state index in [9.17, 15) is 10.1 Å². The van der Waals surface area contributed by atoms with Gasteiger partial charge in [0.2, 0.25) is 5.91 Å². The number of fused-ring (bicyclic) bond motifs is 2. The molecule has 1 unspecified atom stereocenters. The van der Waals surface area contributed by atoms with Gasteiger partial charge in [0.15, 0.2) is 0 Å². The Morgan fingerprint density at radius 2 is 2.05 bits per heavy atom. The normalized spacial score (nSPS) is 19.7. The van der Waals surface area contributed by atoms with Crippen LogP contribution >= 0.6 is 0 Å². The fraction of sp³-hybridized carbons (Fsp3) is 0.419. The predicted molar refractivity (Wildman–Crippen MR) is 154 cm³/mol. The minimum absolute atomic E-state index is 0.150. The van der Waals surface area contributed by atoms with Gasteiger partial charge >= 0.3 is 6.01 Å². The number of likely N-dealkylation sites (N-methyl/N-ethyl adjacent to an activating group) is 1. The zero-order valence-electron chi connectivity index (χ0n) is 23.4. The number of piperazine rings is 1. The lowest BCUT2D eigenvalue weighted by Gasteiger charge is -2.41. The second kappa shape index (κ2) is 12.0. The molecule has 40 heavy (non-hydrogen) atoms. The van der Waals surface area contributed by atoms with E-state index in [1.807, 2.05) is 20.2 Å². The predicted octanol–water partition coefficient (Wildman–Crippen LogP) is 3.89. The van der Waals surface area contributed by atoms with Crippen molar-refractivity contribution in [2.24, 2.45) is 0 Å². The van der Waals surface area contributed by atoms with Gasteiger partial charge in [0.25, 0.3) is 0 Å². The van der Waals surface area contributed by atoms with Crippen LogP contribution in [-0.4, -0.2) is 78.1 Å². The summed E-state index contributed by atoms with van der Waals surface area (Å²) in [5.41, 5.74) is 2.98. The number of carbonyl (C=O) groups is 1. The van der Waals surface area contributed by atoms with Gasteiger partial charge in [0.05, 0.1) is 36.9 Å². The molecule has 2 aromatic carbocycles. The molecule has 1 fully saturated rings. The molecule has 0 spiro atoms. The molecule has 1 aromatic heterocycles. The number of benzene rings is 2. The number of aromatic nitrogens is 2. The summed E-state index contributed by atoms with van der Waals surface area (Å²) in [6.45, 7) is 8.07. The van der Waals surface area contributed by atoms with E-state index < -0.39 is 0 Å². The molecule has 0 saturated carbocycles. The Morgan fingerprint density at radius 3 is 2.83 bits per heavy atom. The molecule has 9 nitrogen and oxygen atoms in total. The molecular weight excluding hydrogens is 504 g/mol. The molecule has 0 radical (unpaired) electrons. The van der Waals surface area contributed by atoms with Crippen LogP contribution in [0, 0.1) is 11.3 Å². The summed E-state index contributed by atoms with van der Waals surface area (Å²) in [6, 6.07) is 17.1. The van der Waals surface area contributed by atoms with Crippen molar-refractivity contribution in [2.45, 2.75) is 44.6 Å². The van der Waals surface area contributed by atoms with E-state index in [-0.39, 0.29) is 30.5 Å². The Balaban J connectivity index is 1.49. The highest BCUT2D eigenvalue weighted by Gasteiger charge is 2.34. The number of nitrogens with zero attached hydrogens (tertiary/aromatic N) is 6. The molecule has 3 heterocycles. The molecule has 208 valence electrons. The summed E-state index contributed by atoms with van der Waals surface area (Å²) in [5.74, 6) is 0.593. The van der Waals surface area contributed by atoms with Crippen LogP contribution in [0.25, 0.3) is 10.8 Å². The van der Waals surface area contributed by atoms with Crippen molar-refractivity contribution >= 4 is 22.5 Å². The highest BCUT2D eigenvalue weighted by atomic mass is 16.5. The first-order valence-electron chi connectivity index (χ1n) is 13.7. The summed E-state index contributed by atoms with van der Waals surface area (Å²) in [4.78, 5) is 28.2. The average molecular weight is 541 g/mol. The van der Waals surface area contributed by atoms with E-state index in [0.29, 0.717) is 45.3 Å². The van der Waals surface area contributed by atoms with E-state index in [4.69, 9.17) is 19.4 Å². The minimum atomic E-state index is -0.263. The van der Waals surface area contributed by atoms with Crippen molar-refractivity contribution in [1.29, 1.82) is 5.26 Å².